The highest BCUT2D eigenvalue weighted by molar-refractivity contribution is 9.10. The van der Waals surface area contributed by atoms with Crippen LogP contribution in [0.4, 0.5) is 20.2 Å². The normalized spacial score (nSPS) is 10.5. The van der Waals surface area contributed by atoms with Gasteiger partial charge in [0.05, 0.1) is 0 Å². The van der Waals surface area contributed by atoms with Gasteiger partial charge in [0.15, 0.2) is 11.6 Å². The van der Waals surface area contributed by atoms with Crippen LogP contribution in [0.3, 0.4) is 0 Å². The lowest BCUT2D eigenvalue weighted by Crippen LogP contribution is -2.19. The van der Waals surface area contributed by atoms with Gasteiger partial charge in [0.25, 0.3) is 0 Å². The van der Waals surface area contributed by atoms with Crippen molar-refractivity contribution >= 4 is 27.3 Å². The number of nitrogen functional groups attached to an aromatic ring is 1. The first-order valence-corrected chi connectivity index (χ1v) is 6.47. The Kier molecular flexibility index (Phi) is 4.04. The second-order valence-corrected chi connectivity index (χ2v) is 5.23. The lowest BCUT2D eigenvalue weighted by atomic mass is 10.2. The van der Waals surface area contributed by atoms with E-state index < -0.39 is 11.6 Å². The number of nitrogens with zero attached hydrogens (tertiary/aromatic N) is 1. The molecule has 5 heteroatoms. The molecular formula is C14H13BrF2N2. The molecule has 2 N–H and O–H groups in total. The molecule has 0 aromatic heterocycles. The predicted molar refractivity (Wildman–Crippen MR) is 77.0 cm³/mol. The highest BCUT2D eigenvalue weighted by Crippen LogP contribution is 2.26. The van der Waals surface area contributed by atoms with Gasteiger partial charge in [0, 0.05) is 23.8 Å². The molecular weight excluding hydrogens is 314 g/mol. The molecule has 0 aliphatic carbocycles. The zero-order valence-electron chi connectivity index (χ0n) is 10.3. The van der Waals surface area contributed by atoms with Crippen molar-refractivity contribution < 1.29 is 8.78 Å². The van der Waals surface area contributed by atoms with Gasteiger partial charge in [-0.25, -0.2) is 8.78 Å². The molecule has 0 saturated carbocycles. The third-order valence-electron chi connectivity index (χ3n) is 2.73. The van der Waals surface area contributed by atoms with Gasteiger partial charge in [0.2, 0.25) is 0 Å². The van der Waals surface area contributed by atoms with Gasteiger partial charge in [-0.2, -0.15) is 0 Å². The summed E-state index contributed by atoms with van der Waals surface area (Å²) in [5, 5.41) is 0. The molecule has 0 atom stereocenters. The Morgan fingerprint density at radius 1 is 1.16 bits per heavy atom. The van der Waals surface area contributed by atoms with Crippen LogP contribution >= 0.6 is 15.9 Å². The molecule has 0 saturated heterocycles. The SMILES string of the molecule is CN(Cc1cccc(Br)c1)c1c(F)cc(N)cc1F. The molecule has 0 unspecified atom stereocenters. The standard InChI is InChI=1S/C14H13BrF2N2/c1-19(8-9-3-2-4-10(15)5-9)14-12(16)6-11(18)7-13(14)17/h2-7H,8,18H2,1H3. The summed E-state index contributed by atoms with van der Waals surface area (Å²) >= 11 is 3.36. The van der Waals surface area contributed by atoms with E-state index in [1.54, 1.807) is 7.05 Å². The van der Waals surface area contributed by atoms with E-state index in [-0.39, 0.29) is 11.4 Å². The Morgan fingerprint density at radius 2 is 1.79 bits per heavy atom. The van der Waals surface area contributed by atoms with Crippen molar-refractivity contribution in [3.8, 4) is 0 Å². The van der Waals surface area contributed by atoms with Crippen molar-refractivity contribution in [2.45, 2.75) is 6.54 Å². The van der Waals surface area contributed by atoms with Crippen LogP contribution in [-0.4, -0.2) is 7.05 Å². The summed E-state index contributed by atoms with van der Waals surface area (Å²) in [5.41, 5.74) is 6.35. The van der Waals surface area contributed by atoms with Crippen LogP contribution in [0.15, 0.2) is 40.9 Å². The van der Waals surface area contributed by atoms with Crippen LogP contribution in [-0.2, 0) is 6.54 Å². The van der Waals surface area contributed by atoms with Crippen molar-refractivity contribution in [1.29, 1.82) is 0 Å². The number of nitrogens with two attached hydrogens (primary N) is 1. The zero-order valence-corrected chi connectivity index (χ0v) is 11.9. The van der Waals surface area contributed by atoms with Crippen LogP contribution in [0.1, 0.15) is 5.56 Å². The Hall–Kier alpha value is -1.62. The summed E-state index contributed by atoms with van der Waals surface area (Å²) in [7, 11) is 1.64. The van der Waals surface area contributed by atoms with Gasteiger partial charge < -0.3 is 10.6 Å². The Balaban J connectivity index is 2.28. The third kappa shape index (κ3) is 3.23. The first-order chi connectivity index (χ1) is 8.97. The van der Waals surface area contributed by atoms with Gasteiger partial charge in [-0.15, -0.1) is 0 Å². The summed E-state index contributed by atoms with van der Waals surface area (Å²) in [5.74, 6) is -1.31. The average molecular weight is 327 g/mol. The summed E-state index contributed by atoms with van der Waals surface area (Å²) in [6.07, 6.45) is 0. The minimum atomic E-state index is -0.657. The van der Waals surface area contributed by atoms with Crippen LogP contribution in [0, 0.1) is 11.6 Å². The number of hydrogen-bond acceptors (Lipinski definition) is 2. The van der Waals surface area contributed by atoms with Gasteiger partial charge in [-0.05, 0) is 29.8 Å². The van der Waals surface area contributed by atoms with Gasteiger partial charge in [-0.1, -0.05) is 28.1 Å². The topological polar surface area (TPSA) is 29.3 Å². The minimum Gasteiger partial charge on any atom is -0.399 e. The van der Waals surface area contributed by atoms with Crippen molar-refractivity contribution in [2.75, 3.05) is 17.7 Å². The van der Waals surface area contributed by atoms with E-state index >= 15 is 0 Å². The summed E-state index contributed by atoms with van der Waals surface area (Å²) < 4.78 is 28.5. The minimum absolute atomic E-state index is 0.0748. The zero-order chi connectivity index (χ0) is 14.0. The fourth-order valence-corrected chi connectivity index (χ4v) is 2.38. The number of hydrogen-bond donors (Lipinski definition) is 1. The monoisotopic (exact) mass is 326 g/mol. The van der Waals surface area contributed by atoms with Crippen molar-refractivity contribution in [3.05, 3.63) is 58.1 Å². The van der Waals surface area contributed by atoms with Crippen molar-refractivity contribution in [3.63, 3.8) is 0 Å². The second-order valence-electron chi connectivity index (χ2n) is 4.32. The molecule has 2 aromatic rings. The van der Waals surface area contributed by atoms with Crippen molar-refractivity contribution in [2.24, 2.45) is 0 Å². The molecule has 0 fully saturated rings. The lowest BCUT2D eigenvalue weighted by Gasteiger charge is -2.21. The molecule has 0 bridgehead atoms. The van der Waals surface area contributed by atoms with E-state index in [1.807, 2.05) is 24.3 Å². The molecule has 2 nitrogen and oxygen atoms in total. The van der Waals surface area contributed by atoms with Gasteiger partial charge in [-0.3, -0.25) is 0 Å². The predicted octanol–water partition coefficient (Wildman–Crippen LogP) is 3.95. The maximum atomic E-state index is 13.8. The van der Waals surface area contributed by atoms with E-state index in [9.17, 15) is 8.78 Å². The second kappa shape index (κ2) is 5.57. The molecule has 19 heavy (non-hydrogen) atoms. The van der Waals surface area contributed by atoms with E-state index in [1.165, 1.54) is 4.90 Å². The van der Waals surface area contributed by atoms with Gasteiger partial charge in [0.1, 0.15) is 5.69 Å². The van der Waals surface area contributed by atoms with Gasteiger partial charge >= 0.3 is 0 Å². The maximum absolute atomic E-state index is 13.8. The lowest BCUT2D eigenvalue weighted by molar-refractivity contribution is 0.578. The van der Waals surface area contributed by atoms with E-state index in [0.29, 0.717) is 6.54 Å². The third-order valence-corrected chi connectivity index (χ3v) is 3.22. The summed E-state index contributed by atoms with van der Waals surface area (Å²) in [6, 6.07) is 9.82. The molecule has 0 aliphatic rings. The van der Waals surface area contributed by atoms with E-state index in [0.717, 1.165) is 22.2 Å². The Morgan fingerprint density at radius 3 is 2.37 bits per heavy atom. The molecule has 0 spiro atoms. The molecule has 0 heterocycles. The smallest absolute Gasteiger partial charge is 0.151 e. The Labute approximate surface area is 119 Å². The largest absolute Gasteiger partial charge is 0.399 e. The number of rotatable bonds is 3. The number of halogens is 3. The summed E-state index contributed by atoms with van der Waals surface area (Å²) in [4.78, 5) is 1.52. The molecule has 0 amide bonds. The maximum Gasteiger partial charge on any atom is 0.151 e. The van der Waals surface area contributed by atoms with E-state index in [4.69, 9.17) is 5.73 Å². The fourth-order valence-electron chi connectivity index (χ4n) is 1.94. The molecule has 0 aliphatic heterocycles. The molecule has 100 valence electrons. The summed E-state index contributed by atoms with van der Waals surface area (Å²) in [6.45, 7) is 0.400. The average Bonchev–Trinajstić information content (AvgIpc) is 2.27. The molecule has 2 rings (SSSR count). The van der Waals surface area contributed by atoms with Crippen molar-refractivity contribution in [1.82, 2.24) is 0 Å². The number of anilines is 2. The van der Waals surface area contributed by atoms with Crippen LogP contribution in [0.2, 0.25) is 0 Å². The molecule has 2 aromatic carbocycles. The highest BCUT2D eigenvalue weighted by Gasteiger charge is 2.15. The van der Waals surface area contributed by atoms with Crippen LogP contribution < -0.4 is 10.6 Å². The van der Waals surface area contributed by atoms with Crippen LogP contribution in [0.5, 0.6) is 0 Å². The Bertz CT molecular complexity index is 579. The van der Waals surface area contributed by atoms with E-state index in [2.05, 4.69) is 15.9 Å². The fraction of sp³-hybridized carbons (Fsp3) is 0.143. The first kappa shape index (κ1) is 13.8. The van der Waals surface area contributed by atoms with Crippen LogP contribution in [0.25, 0.3) is 0 Å². The number of benzene rings is 2. The highest BCUT2D eigenvalue weighted by atomic mass is 79.9. The quantitative estimate of drug-likeness (QED) is 0.865. The first-order valence-electron chi connectivity index (χ1n) is 5.67. The molecule has 0 radical (unpaired) electrons.